The van der Waals surface area contributed by atoms with Gasteiger partial charge in [-0.2, -0.15) is 5.10 Å². The van der Waals surface area contributed by atoms with Crippen molar-refractivity contribution >= 4 is 23.6 Å². The molecule has 1 aliphatic carbocycles. The first-order valence-electron chi connectivity index (χ1n) is 6.04. The maximum absolute atomic E-state index is 5.25. The Balaban J connectivity index is 1.81. The van der Waals surface area contributed by atoms with Crippen LogP contribution in [0.15, 0.2) is 29.8 Å². The normalized spacial score (nSPS) is 18.2. The van der Waals surface area contributed by atoms with Crippen LogP contribution in [-0.2, 0) is 13.1 Å². The lowest BCUT2D eigenvalue weighted by atomic mass is 10.1. The van der Waals surface area contributed by atoms with Gasteiger partial charge in [0.25, 0.3) is 0 Å². The molecule has 1 aliphatic rings. The maximum atomic E-state index is 5.25. The van der Waals surface area contributed by atoms with Crippen LogP contribution in [-0.4, -0.2) is 21.7 Å². The van der Waals surface area contributed by atoms with Gasteiger partial charge in [-0.25, -0.2) is 4.68 Å². The highest BCUT2D eigenvalue weighted by Gasteiger charge is 2.25. The molecule has 18 heavy (non-hydrogen) atoms. The van der Waals surface area contributed by atoms with E-state index in [0.717, 1.165) is 10.6 Å². The Kier molecular flexibility index (Phi) is 3.28. The quantitative estimate of drug-likeness (QED) is 0.804. The van der Waals surface area contributed by atoms with E-state index in [0.29, 0.717) is 6.04 Å². The molecule has 0 fully saturated rings. The third kappa shape index (κ3) is 2.13. The van der Waals surface area contributed by atoms with Crippen LogP contribution in [0.5, 0.6) is 0 Å². The number of aryl methyl sites for hydroxylation is 1. The number of aromatic nitrogens is 2. The summed E-state index contributed by atoms with van der Waals surface area (Å²) in [5, 5.41) is 4.27. The molecule has 1 atom stereocenters. The SMILES string of the molecule is CN(Cn1ncsc1=S)[C@@H]1CCc2ccccc21. The summed E-state index contributed by atoms with van der Waals surface area (Å²) < 4.78 is 2.73. The summed E-state index contributed by atoms with van der Waals surface area (Å²) in [5.41, 5.74) is 4.75. The molecule has 3 nitrogen and oxygen atoms in total. The number of nitrogens with zero attached hydrogens (tertiary/aromatic N) is 3. The molecule has 0 bridgehead atoms. The van der Waals surface area contributed by atoms with Gasteiger partial charge < -0.3 is 0 Å². The monoisotopic (exact) mass is 277 g/mol. The van der Waals surface area contributed by atoms with Gasteiger partial charge in [0.15, 0.2) is 3.95 Å². The fraction of sp³-hybridized carbons (Fsp3) is 0.385. The van der Waals surface area contributed by atoms with Crippen molar-refractivity contribution < 1.29 is 0 Å². The number of hydrogen-bond donors (Lipinski definition) is 0. The molecule has 0 saturated carbocycles. The molecule has 0 aliphatic heterocycles. The van der Waals surface area contributed by atoms with Crippen molar-refractivity contribution in [2.24, 2.45) is 0 Å². The molecule has 0 N–H and O–H groups in total. The van der Waals surface area contributed by atoms with Gasteiger partial charge in [0.05, 0.1) is 6.67 Å². The van der Waals surface area contributed by atoms with Crippen molar-refractivity contribution in [3.63, 3.8) is 0 Å². The zero-order valence-corrected chi connectivity index (χ0v) is 11.9. The Bertz CT molecular complexity index is 602. The van der Waals surface area contributed by atoms with Crippen molar-refractivity contribution in [1.82, 2.24) is 14.7 Å². The highest BCUT2D eigenvalue weighted by molar-refractivity contribution is 7.73. The second-order valence-electron chi connectivity index (χ2n) is 4.66. The fourth-order valence-corrected chi connectivity index (χ4v) is 3.34. The van der Waals surface area contributed by atoms with E-state index in [9.17, 15) is 0 Å². The summed E-state index contributed by atoms with van der Waals surface area (Å²) in [4.78, 5) is 2.33. The highest BCUT2D eigenvalue weighted by Crippen LogP contribution is 2.34. The van der Waals surface area contributed by atoms with Crippen LogP contribution in [0.3, 0.4) is 0 Å². The average Bonchev–Trinajstić information content (AvgIpc) is 2.96. The first-order chi connectivity index (χ1) is 8.75. The summed E-state index contributed by atoms with van der Waals surface area (Å²) in [5.74, 6) is 0. The van der Waals surface area contributed by atoms with Crippen molar-refractivity contribution in [1.29, 1.82) is 0 Å². The predicted molar refractivity (Wildman–Crippen MR) is 76.2 cm³/mol. The van der Waals surface area contributed by atoms with Crippen LogP contribution in [0.2, 0.25) is 0 Å². The topological polar surface area (TPSA) is 21.1 Å². The molecule has 94 valence electrons. The smallest absolute Gasteiger partial charge is 0.180 e. The fourth-order valence-electron chi connectivity index (χ4n) is 2.63. The van der Waals surface area contributed by atoms with Gasteiger partial charge in [-0.05, 0) is 43.2 Å². The van der Waals surface area contributed by atoms with Crippen LogP contribution < -0.4 is 0 Å². The van der Waals surface area contributed by atoms with Gasteiger partial charge in [0.1, 0.15) is 5.51 Å². The molecule has 0 spiro atoms. The van der Waals surface area contributed by atoms with E-state index in [4.69, 9.17) is 12.2 Å². The molecule has 2 aromatic rings. The van der Waals surface area contributed by atoms with Crippen molar-refractivity contribution in [3.8, 4) is 0 Å². The number of hydrogen-bond acceptors (Lipinski definition) is 4. The lowest BCUT2D eigenvalue weighted by Gasteiger charge is -2.24. The van der Waals surface area contributed by atoms with Crippen molar-refractivity contribution in [2.45, 2.75) is 25.6 Å². The van der Waals surface area contributed by atoms with Gasteiger partial charge >= 0.3 is 0 Å². The van der Waals surface area contributed by atoms with E-state index in [1.54, 1.807) is 5.51 Å². The van der Waals surface area contributed by atoms with E-state index >= 15 is 0 Å². The number of fused-ring (bicyclic) bond motifs is 1. The van der Waals surface area contributed by atoms with Crippen molar-refractivity contribution in [3.05, 3.63) is 44.9 Å². The first kappa shape index (κ1) is 12.0. The summed E-state index contributed by atoms with van der Waals surface area (Å²) in [6, 6.07) is 9.21. The van der Waals surface area contributed by atoms with Gasteiger partial charge in [0, 0.05) is 6.04 Å². The van der Waals surface area contributed by atoms with E-state index in [1.165, 1.54) is 35.3 Å². The molecule has 0 saturated heterocycles. The Morgan fingerprint density at radius 1 is 1.50 bits per heavy atom. The van der Waals surface area contributed by atoms with Gasteiger partial charge in [-0.15, -0.1) is 0 Å². The molecular formula is C13H15N3S2. The van der Waals surface area contributed by atoms with Gasteiger partial charge in [-0.3, -0.25) is 4.90 Å². The number of benzene rings is 1. The van der Waals surface area contributed by atoms with E-state index < -0.39 is 0 Å². The Morgan fingerprint density at radius 3 is 3.11 bits per heavy atom. The minimum absolute atomic E-state index is 0.491. The third-order valence-corrected chi connectivity index (χ3v) is 4.65. The van der Waals surface area contributed by atoms with Crippen LogP contribution in [0.4, 0.5) is 0 Å². The molecule has 0 radical (unpaired) electrons. The number of rotatable bonds is 3. The van der Waals surface area contributed by atoms with Gasteiger partial charge in [-0.1, -0.05) is 35.6 Å². The Labute approximate surface area is 116 Å². The molecule has 0 unspecified atom stereocenters. The lowest BCUT2D eigenvalue weighted by Crippen LogP contribution is -2.26. The van der Waals surface area contributed by atoms with Crippen LogP contribution in [0.1, 0.15) is 23.6 Å². The zero-order chi connectivity index (χ0) is 12.5. The Hall–Kier alpha value is -1.04. The second kappa shape index (κ2) is 4.91. The minimum Gasteiger partial charge on any atom is -0.280 e. The summed E-state index contributed by atoms with van der Waals surface area (Å²) in [6.07, 6.45) is 2.36. The summed E-state index contributed by atoms with van der Waals surface area (Å²) in [7, 11) is 2.15. The van der Waals surface area contributed by atoms with E-state index in [1.807, 2.05) is 4.68 Å². The molecular weight excluding hydrogens is 262 g/mol. The summed E-state index contributed by atoms with van der Waals surface area (Å²) >= 11 is 6.76. The third-order valence-electron chi connectivity index (χ3n) is 3.54. The average molecular weight is 277 g/mol. The van der Waals surface area contributed by atoms with Crippen LogP contribution in [0.25, 0.3) is 0 Å². The first-order valence-corrected chi connectivity index (χ1v) is 7.33. The minimum atomic E-state index is 0.491. The molecule has 0 amide bonds. The largest absolute Gasteiger partial charge is 0.280 e. The van der Waals surface area contributed by atoms with Crippen LogP contribution >= 0.6 is 23.6 Å². The molecule has 1 aromatic carbocycles. The summed E-state index contributed by atoms with van der Waals surface area (Å²) in [6.45, 7) is 0.765. The molecule has 3 rings (SSSR count). The Morgan fingerprint density at radius 2 is 2.33 bits per heavy atom. The molecule has 1 aromatic heterocycles. The molecule has 5 heteroatoms. The van der Waals surface area contributed by atoms with E-state index in [2.05, 4.69) is 41.3 Å². The standard InChI is InChI=1S/C13H15N3S2/c1-15(9-16-13(17)18-8-14-16)12-7-6-10-4-2-3-5-11(10)12/h2-5,8,12H,6-7,9H2,1H3/t12-/m1/s1. The highest BCUT2D eigenvalue weighted by atomic mass is 32.1. The van der Waals surface area contributed by atoms with Crippen molar-refractivity contribution in [2.75, 3.05) is 7.05 Å². The van der Waals surface area contributed by atoms with Gasteiger partial charge in [0.2, 0.25) is 0 Å². The lowest BCUT2D eigenvalue weighted by molar-refractivity contribution is 0.182. The van der Waals surface area contributed by atoms with E-state index in [-0.39, 0.29) is 0 Å². The van der Waals surface area contributed by atoms with Crippen LogP contribution in [0, 0.1) is 3.95 Å². The zero-order valence-electron chi connectivity index (χ0n) is 10.2. The second-order valence-corrected chi connectivity index (χ2v) is 6.13. The maximum Gasteiger partial charge on any atom is 0.180 e. The predicted octanol–water partition coefficient (Wildman–Crippen LogP) is 3.25. The molecule has 1 heterocycles.